The minimum atomic E-state index is -0.146. The first-order valence-electron chi connectivity index (χ1n) is 4.35. The van der Waals surface area contributed by atoms with Gasteiger partial charge in [0.25, 0.3) is 0 Å². The fourth-order valence-electron chi connectivity index (χ4n) is 1.57. The molecule has 1 heterocycles. The van der Waals surface area contributed by atoms with Crippen LogP contribution >= 0.6 is 0 Å². The summed E-state index contributed by atoms with van der Waals surface area (Å²) in [5.74, 6) is 0.300. The first-order chi connectivity index (χ1) is 5.04. The van der Waals surface area contributed by atoms with Crippen LogP contribution in [0.4, 0.5) is 4.39 Å². The minimum Gasteiger partial charge on any atom is -0.298 e. The van der Waals surface area contributed by atoms with Gasteiger partial charge in [0, 0.05) is 18.0 Å². The zero-order valence-corrected chi connectivity index (χ0v) is 7.73. The summed E-state index contributed by atoms with van der Waals surface area (Å²) >= 11 is 0. The summed E-state index contributed by atoms with van der Waals surface area (Å²) in [6.07, 6.45) is 1.04. The number of hydrogen-bond acceptors (Lipinski definition) is 1. The molecule has 0 aromatic carbocycles. The van der Waals surface area contributed by atoms with Crippen molar-refractivity contribution in [3.63, 3.8) is 0 Å². The molecule has 11 heavy (non-hydrogen) atoms. The number of alkyl halides is 1. The van der Waals surface area contributed by atoms with Gasteiger partial charge in [0.15, 0.2) is 0 Å². The summed E-state index contributed by atoms with van der Waals surface area (Å²) in [7, 11) is 0. The second-order valence-electron chi connectivity index (χ2n) is 4.43. The van der Waals surface area contributed by atoms with Crippen molar-refractivity contribution >= 4 is 0 Å². The van der Waals surface area contributed by atoms with Gasteiger partial charge in [0.1, 0.15) is 0 Å². The van der Waals surface area contributed by atoms with Gasteiger partial charge in [-0.3, -0.25) is 9.29 Å². The zero-order valence-electron chi connectivity index (χ0n) is 7.73. The molecule has 0 radical (unpaired) electrons. The Morgan fingerprint density at radius 3 is 2.36 bits per heavy atom. The summed E-state index contributed by atoms with van der Waals surface area (Å²) in [5, 5.41) is 0. The van der Waals surface area contributed by atoms with E-state index in [4.69, 9.17) is 0 Å². The van der Waals surface area contributed by atoms with Gasteiger partial charge in [0.2, 0.25) is 0 Å². The first-order valence-corrected chi connectivity index (χ1v) is 4.35. The van der Waals surface area contributed by atoms with E-state index < -0.39 is 0 Å². The van der Waals surface area contributed by atoms with Crippen LogP contribution in [-0.2, 0) is 0 Å². The van der Waals surface area contributed by atoms with E-state index in [9.17, 15) is 4.39 Å². The van der Waals surface area contributed by atoms with E-state index in [2.05, 4.69) is 25.7 Å². The quantitative estimate of drug-likeness (QED) is 0.566. The van der Waals surface area contributed by atoms with E-state index >= 15 is 0 Å². The summed E-state index contributed by atoms with van der Waals surface area (Å²) < 4.78 is 12.2. The Kier molecular flexibility index (Phi) is 2.53. The maximum absolute atomic E-state index is 12.2. The molecule has 0 aromatic heterocycles. The lowest BCUT2D eigenvalue weighted by molar-refractivity contribution is 0.165. The molecule has 0 aromatic rings. The second kappa shape index (κ2) is 3.10. The van der Waals surface area contributed by atoms with Crippen molar-refractivity contribution in [1.82, 2.24) is 4.90 Å². The van der Waals surface area contributed by atoms with Crippen LogP contribution in [0.3, 0.4) is 0 Å². The van der Waals surface area contributed by atoms with Crippen LogP contribution < -0.4 is 0 Å². The summed E-state index contributed by atoms with van der Waals surface area (Å²) in [6.45, 7) is 8.43. The highest BCUT2D eigenvalue weighted by atomic mass is 19.1. The van der Waals surface area contributed by atoms with E-state index in [0.717, 1.165) is 19.5 Å². The van der Waals surface area contributed by atoms with Gasteiger partial charge >= 0.3 is 0 Å². The Labute approximate surface area is 68.6 Å². The third-order valence-corrected chi connectivity index (χ3v) is 2.45. The van der Waals surface area contributed by atoms with Crippen molar-refractivity contribution in [1.29, 1.82) is 0 Å². The minimum absolute atomic E-state index is 0.146. The van der Waals surface area contributed by atoms with Gasteiger partial charge in [-0.2, -0.15) is 0 Å². The predicted molar refractivity (Wildman–Crippen MR) is 45.4 cm³/mol. The van der Waals surface area contributed by atoms with Crippen LogP contribution in [0.15, 0.2) is 0 Å². The molecule has 1 aliphatic rings. The predicted octanol–water partition coefficient (Wildman–Crippen LogP) is 2.08. The Bertz CT molecular complexity index is 128. The highest BCUT2D eigenvalue weighted by molar-refractivity contribution is 4.84. The molecule has 1 saturated heterocycles. The van der Waals surface area contributed by atoms with Crippen molar-refractivity contribution in [3.8, 4) is 0 Å². The topological polar surface area (TPSA) is 3.24 Å². The van der Waals surface area contributed by atoms with Gasteiger partial charge in [-0.05, 0) is 33.7 Å². The van der Waals surface area contributed by atoms with Crippen molar-refractivity contribution in [2.24, 2.45) is 5.92 Å². The summed E-state index contributed by atoms with van der Waals surface area (Å²) in [5.41, 5.74) is 0.226. The molecule has 0 aliphatic carbocycles. The van der Waals surface area contributed by atoms with E-state index in [0.29, 0.717) is 5.92 Å². The van der Waals surface area contributed by atoms with E-state index in [-0.39, 0.29) is 12.2 Å². The lowest BCUT2D eigenvalue weighted by atomic mass is 10.1. The second-order valence-corrected chi connectivity index (χ2v) is 4.43. The zero-order chi connectivity index (χ0) is 8.48. The first kappa shape index (κ1) is 8.98. The highest BCUT2D eigenvalue weighted by Gasteiger charge is 2.29. The third-order valence-electron chi connectivity index (χ3n) is 2.45. The maximum Gasteiger partial charge on any atom is 0.0935 e. The molecular weight excluding hydrogens is 141 g/mol. The molecule has 1 unspecified atom stereocenters. The molecule has 0 bridgehead atoms. The molecular formula is C9H18FN. The Morgan fingerprint density at radius 1 is 1.45 bits per heavy atom. The smallest absolute Gasteiger partial charge is 0.0935 e. The van der Waals surface area contributed by atoms with Gasteiger partial charge in [-0.1, -0.05) is 0 Å². The van der Waals surface area contributed by atoms with Crippen molar-refractivity contribution in [2.45, 2.75) is 32.7 Å². The monoisotopic (exact) mass is 159 g/mol. The molecule has 1 nitrogen and oxygen atoms in total. The van der Waals surface area contributed by atoms with Crippen LogP contribution in [0.25, 0.3) is 0 Å². The average Bonchev–Trinajstić information content (AvgIpc) is 2.32. The van der Waals surface area contributed by atoms with Crippen LogP contribution in [0.1, 0.15) is 27.2 Å². The standard InChI is InChI=1S/C9H18FN/c1-9(2,3)11-5-4-8(6-10)7-11/h8H,4-7H2,1-3H3. The largest absolute Gasteiger partial charge is 0.298 e. The Morgan fingerprint density at radius 2 is 2.09 bits per heavy atom. The van der Waals surface area contributed by atoms with Gasteiger partial charge in [-0.25, -0.2) is 0 Å². The molecule has 1 aliphatic heterocycles. The van der Waals surface area contributed by atoms with Crippen molar-refractivity contribution < 1.29 is 4.39 Å². The molecule has 0 spiro atoms. The van der Waals surface area contributed by atoms with E-state index in [1.165, 1.54) is 0 Å². The van der Waals surface area contributed by atoms with Gasteiger partial charge in [0.05, 0.1) is 6.67 Å². The molecule has 2 heteroatoms. The molecule has 0 amide bonds. The molecule has 1 rings (SSSR count). The lowest BCUT2D eigenvalue weighted by Crippen LogP contribution is -2.39. The molecule has 0 saturated carbocycles. The molecule has 1 fully saturated rings. The van der Waals surface area contributed by atoms with Crippen molar-refractivity contribution in [3.05, 3.63) is 0 Å². The fraction of sp³-hybridized carbons (Fsp3) is 1.00. The molecule has 66 valence electrons. The number of halogens is 1. The van der Waals surface area contributed by atoms with E-state index in [1.807, 2.05) is 0 Å². The number of nitrogens with zero attached hydrogens (tertiary/aromatic N) is 1. The Balaban J connectivity index is 2.42. The van der Waals surface area contributed by atoms with Crippen LogP contribution in [0.5, 0.6) is 0 Å². The molecule has 1 atom stereocenters. The summed E-state index contributed by atoms with van der Waals surface area (Å²) in [6, 6.07) is 0. The van der Waals surface area contributed by atoms with Crippen LogP contribution in [0.2, 0.25) is 0 Å². The average molecular weight is 159 g/mol. The maximum atomic E-state index is 12.2. The number of likely N-dealkylation sites (tertiary alicyclic amines) is 1. The normalized spacial score (nSPS) is 27.8. The lowest BCUT2D eigenvalue weighted by Gasteiger charge is -2.31. The van der Waals surface area contributed by atoms with Gasteiger partial charge in [-0.15, -0.1) is 0 Å². The van der Waals surface area contributed by atoms with Gasteiger partial charge < -0.3 is 0 Å². The third kappa shape index (κ3) is 2.16. The van der Waals surface area contributed by atoms with Crippen LogP contribution in [-0.4, -0.2) is 30.2 Å². The molecule has 0 N–H and O–H groups in total. The number of hydrogen-bond donors (Lipinski definition) is 0. The van der Waals surface area contributed by atoms with E-state index in [1.54, 1.807) is 0 Å². The fourth-order valence-corrected chi connectivity index (χ4v) is 1.57. The highest BCUT2D eigenvalue weighted by Crippen LogP contribution is 2.24. The van der Waals surface area contributed by atoms with Crippen LogP contribution in [0, 0.1) is 5.92 Å². The Hall–Kier alpha value is -0.110. The van der Waals surface area contributed by atoms with Crippen molar-refractivity contribution in [2.75, 3.05) is 19.8 Å². The number of rotatable bonds is 1. The SMILES string of the molecule is CC(C)(C)N1CCC(CF)C1. The summed E-state index contributed by atoms with van der Waals surface area (Å²) in [4.78, 5) is 2.36.